The fourth-order valence-electron chi connectivity index (χ4n) is 4.36. The first-order valence-electron chi connectivity index (χ1n) is 11.9. The van der Waals surface area contributed by atoms with Gasteiger partial charge in [0.05, 0.1) is 16.8 Å². The molecule has 1 amide bonds. The summed E-state index contributed by atoms with van der Waals surface area (Å²) in [6.07, 6.45) is 0.778. The van der Waals surface area contributed by atoms with Crippen LogP contribution >= 0.6 is 23.1 Å². The molecule has 0 radical (unpaired) electrons. The van der Waals surface area contributed by atoms with Crippen LogP contribution in [0.2, 0.25) is 0 Å². The number of amides is 1. The maximum absolute atomic E-state index is 13.8. The first-order chi connectivity index (χ1) is 16.7. The van der Waals surface area contributed by atoms with Crippen LogP contribution in [0.15, 0.2) is 52.4 Å². The standard InChI is InChI=1S/C28H31N3O2S2/c1-7-21-19(6)35-26-24(21)27(33)31(20-12-8-10-17(4)14-20)28(30-26)34-15-23(32)29-25-18(5)11-9-13-22(25)16(2)3/h8-14,16H,7,15H2,1-6H3,(H,29,32). The Morgan fingerprint density at radius 3 is 2.57 bits per heavy atom. The molecule has 5 nitrogen and oxygen atoms in total. The van der Waals surface area contributed by atoms with Crippen LogP contribution in [0.5, 0.6) is 0 Å². The molecule has 7 heteroatoms. The number of rotatable bonds is 7. The Balaban J connectivity index is 1.72. The van der Waals surface area contributed by atoms with Gasteiger partial charge in [-0.25, -0.2) is 4.98 Å². The normalized spacial score (nSPS) is 11.4. The lowest BCUT2D eigenvalue weighted by atomic mass is 9.98. The molecule has 1 N–H and O–H groups in total. The molecule has 0 saturated heterocycles. The topological polar surface area (TPSA) is 64.0 Å². The van der Waals surface area contributed by atoms with E-state index in [1.807, 2.05) is 57.2 Å². The average molecular weight is 506 g/mol. The van der Waals surface area contributed by atoms with Gasteiger partial charge in [-0.05, 0) is 67.5 Å². The highest BCUT2D eigenvalue weighted by molar-refractivity contribution is 7.99. The van der Waals surface area contributed by atoms with Crippen molar-refractivity contribution in [3.8, 4) is 5.69 Å². The monoisotopic (exact) mass is 505 g/mol. The van der Waals surface area contributed by atoms with E-state index in [9.17, 15) is 9.59 Å². The Bertz CT molecular complexity index is 1470. The third kappa shape index (κ3) is 5.07. The number of hydrogen-bond donors (Lipinski definition) is 1. The predicted molar refractivity (Wildman–Crippen MR) is 149 cm³/mol. The largest absolute Gasteiger partial charge is 0.325 e. The SMILES string of the molecule is CCc1c(C)sc2nc(SCC(=O)Nc3c(C)cccc3C(C)C)n(-c3cccc(C)c3)c(=O)c12. The van der Waals surface area contributed by atoms with Crippen molar-refractivity contribution in [2.75, 3.05) is 11.1 Å². The molecule has 0 saturated carbocycles. The van der Waals surface area contributed by atoms with Crippen LogP contribution in [0, 0.1) is 20.8 Å². The minimum atomic E-state index is -0.118. The van der Waals surface area contributed by atoms with E-state index in [1.54, 1.807) is 15.9 Å². The van der Waals surface area contributed by atoms with Crippen molar-refractivity contribution in [2.45, 2.75) is 59.0 Å². The minimum Gasteiger partial charge on any atom is -0.325 e. The fourth-order valence-corrected chi connectivity index (χ4v) is 6.33. The van der Waals surface area contributed by atoms with E-state index in [1.165, 1.54) is 11.8 Å². The number of para-hydroxylation sites is 1. The quantitative estimate of drug-likeness (QED) is 0.222. The predicted octanol–water partition coefficient (Wildman–Crippen LogP) is 6.79. The number of thioether (sulfide) groups is 1. The van der Waals surface area contributed by atoms with Crippen molar-refractivity contribution >= 4 is 44.9 Å². The summed E-state index contributed by atoms with van der Waals surface area (Å²) in [4.78, 5) is 33.5. The van der Waals surface area contributed by atoms with Gasteiger partial charge in [0.2, 0.25) is 5.91 Å². The van der Waals surface area contributed by atoms with Gasteiger partial charge in [-0.1, -0.05) is 62.9 Å². The summed E-state index contributed by atoms with van der Waals surface area (Å²) in [5.74, 6) is 0.330. The highest BCUT2D eigenvalue weighted by Gasteiger charge is 2.20. The van der Waals surface area contributed by atoms with Crippen LogP contribution in [0.25, 0.3) is 15.9 Å². The molecule has 0 aliphatic rings. The first kappa shape index (κ1) is 25.2. The Labute approximate surface area is 214 Å². The summed E-state index contributed by atoms with van der Waals surface area (Å²) in [5.41, 5.74) is 5.81. The highest BCUT2D eigenvalue weighted by Crippen LogP contribution is 2.31. The summed E-state index contributed by atoms with van der Waals surface area (Å²) in [7, 11) is 0. The number of thiophene rings is 1. The number of benzene rings is 2. The molecule has 2 aromatic heterocycles. The number of anilines is 1. The molecule has 0 atom stereocenters. The van der Waals surface area contributed by atoms with Crippen molar-refractivity contribution < 1.29 is 4.79 Å². The van der Waals surface area contributed by atoms with Gasteiger partial charge >= 0.3 is 0 Å². The molecule has 0 fully saturated rings. The molecule has 4 rings (SSSR count). The van der Waals surface area contributed by atoms with Crippen molar-refractivity contribution in [3.05, 3.63) is 79.9 Å². The van der Waals surface area contributed by atoms with Crippen molar-refractivity contribution in [2.24, 2.45) is 0 Å². The van der Waals surface area contributed by atoms with Gasteiger partial charge in [0.15, 0.2) is 5.16 Å². The Kier molecular flexibility index (Phi) is 7.47. The number of nitrogens with one attached hydrogen (secondary N) is 1. The number of aryl methyl sites for hydroxylation is 4. The van der Waals surface area contributed by atoms with Crippen molar-refractivity contribution in [3.63, 3.8) is 0 Å². The van der Waals surface area contributed by atoms with Gasteiger partial charge in [-0.2, -0.15) is 0 Å². The molecule has 0 aliphatic carbocycles. The summed E-state index contributed by atoms with van der Waals surface area (Å²) < 4.78 is 1.66. The summed E-state index contributed by atoms with van der Waals surface area (Å²) in [5, 5.41) is 4.32. The number of hydrogen-bond acceptors (Lipinski definition) is 5. The Morgan fingerprint density at radius 2 is 1.89 bits per heavy atom. The zero-order valence-electron chi connectivity index (χ0n) is 21.1. The van der Waals surface area contributed by atoms with Crippen LogP contribution in [-0.4, -0.2) is 21.2 Å². The second-order valence-electron chi connectivity index (χ2n) is 9.08. The molecule has 0 aliphatic heterocycles. The van der Waals surface area contributed by atoms with Gasteiger partial charge in [0, 0.05) is 10.6 Å². The maximum Gasteiger partial charge on any atom is 0.267 e. The van der Waals surface area contributed by atoms with E-state index in [0.717, 1.165) is 49.8 Å². The molecule has 0 bridgehead atoms. The Morgan fingerprint density at radius 1 is 1.14 bits per heavy atom. The van der Waals surface area contributed by atoms with E-state index >= 15 is 0 Å². The maximum atomic E-state index is 13.8. The Hall–Kier alpha value is -2.90. The number of nitrogens with zero attached hydrogens (tertiary/aromatic N) is 2. The zero-order valence-corrected chi connectivity index (χ0v) is 22.7. The number of aromatic nitrogens is 2. The van der Waals surface area contributed by atoms with Crippen LogP contribution in [0.3, 0.4) is 0 Å². The lowest BCUT2D eigenvalue weighted by Gasteiger charge is -2.17. The lowest BCUT2D eigenvalue weighted by Crippen LogP contribution is -2.23. The van der Waals surface area contributed by atoms with Crippen LogP contribution in [0.1, 0.15) is 53.8 Å². The third-order valence-electron chi connectivity index (χ3n) is 6.13. The molecule has 2 heterocycles. The fraction of sp³-hybridized carbons (Fsp3) is 0.321. The van der Waals surface area contributed by atoms with Gasteiger partial charge in [0.1, 0.15) is 4.83 Å². The van der Waals surface area contributed by atoms with Crippen molar-refractivity contribution in [1.82, 2.24) is 9.55 Å². The van der Waals surface area contributed by atoms with E-state index < -0.39 is 0 Å². The summed E-state index contributed by atoms with van der Waals surface area (Å²) in [6.45, 7) is 12.3. The molecule has 2 aromatic carbocycles. The van der Waals surface area contributed by atoms with E-state index in [2.05, 4.69) is 32.2 Å². The molecule has 35 heavy (non-hydrogen) atoms. The smallest absolute Gasteiger partial charge is 0.267 e. The number of fused-ring (bicyclic) bond motifs is 1. The molecular formula is C28H31N3O2S2. The van der Waals surface area contributed by atoms with Gasteiger partial charge in [0.25, 0.3) is 5.56 Å². The van der Waals surface area contributed by atoms with Gasteiger partial charge in [-0.15, -0.1) is 11.3 Å². The van der Waals surface area contributed by atoms with E-state index in [-0.39, 0.29) is 17.2 Å². The molecule has 0 spiro atoms. The van der Waals surface area contributed by atoms with Crippen molar-refractivity contribution in [1.29, 1.82) is 0 Å². The lowest BCUT2D eigenvalue weighted by molar-refractivity contribution is -0.113. The van der Waals surface area contributed by atoms with E-state index in [0.29, 0.717) is 16.5 Å². The zero-order chi connectivity index (χ0) is 25.3. The number of carbonyl (C=O) groups is 1. The first-order valence-corrected chi connectivity index (χ1v) is 13.7. The second kappa shape index (κ2) is 10.4. The minimum absolute atomic E-state index is 0.0780. The second-order valence-corrected chi connectivity index (χ2v) is 11.2. The summed E-state index contributed by atoms with van der Waals surface area (Å²) in [6, 6.07) is 13.9. The van der Waals surface area contributed by atoms with Crippen LogP contribution in [-0.2, 0) is 11.2 Å². The molecular weight excluding hydrogens is 474 g/mol. The summed E-state index contributed by atoms with van der Waals surface area (Å²) >= 11 is 2.84. The molecule has 0 unspecified atom stereocenters. The highest BCUT2D eigenvalue weighted by atomic mass is 32.2. The number of carbonyl (C=O) groups excluding carboxylic acids is 1. The van der Waals surface area contributed by atoms with E-state index in [4.69, 9.17) is 4.98 Å². The average Bonchev–Trinajstić information content (AvgIpc) is 3.14. The van der Waals surface area contributed by atoms with Crippen LogP contribution in [0.4, 0.5) is 5.69 Å². The molecule has 4 aromatic rings. The molecule has 182 valence electrons. The van der Waals surface area contributed by atoms with Crippen LogP contribution < -0.4 is 10.9 Å². The van der Waals surface area contributed by atoms with Gasteiger partial charge in [-0.3, -0.25) is 14.2 Å². The third-order valence-corrected chi connectivity index (χ3v) is 8.11. The van der Waals surface area contributed by atoms with Gasteiger partial charge < -0.3 is 5.32 Å².